The Morgan fingerprint density at radius 3 is 2.71 bits per heavy atom. The van der Waals surface area contributed by atoms with Crippen LogP contribution in [0.3, 0.4) is 0 Å². The molecule has 1 aromatic carbocycles. The van der Waals surface area contributed by atoms with Crippen LogP contribution in [0.15, 0.2) is 18.2 Å². The van der Waals surface area contributed by atoms with Crippen LogP contribution in [-0.2, 0) is 11.2 Å². The molecule has 0 amide bonds. The molecule has 0 saturated heterocycles. The van der Waals surface area contributed by atoms with E-state index >= 15 is 0 Å². The molecule has 4 heteroatoms. The molecule has 0 aromatic heterocycles. The van der Waals surface area contributed by atoms with Gasteiger partial charge >= 0.3 is 5.97 Å². The Labute approximate surface area is 101 Å². The summed E-state index contributed by atoms with van der Waals surface area (Å²) in [5.41, 5.74) is 1.35. The number of likely N-dealkylation sites (N-methyl/N-ethyl adjacent to an activating group) is 1. The summed E-state index contributed by atoms with van der Waals surface area (Å²) >= 11 is 0. The van der Waals surface area contributed by atoms with Crippen molar-refractivity contribution in [2.45, 2.75) is 13.3 Å². The molecule has 1 rings (SSSR count). The number of hydrogen-bond acceptors (Lipinski definition) is 4. The highest BCUT2D eigenvalue weighted by atomic mass is 16.5. The van der Waals surface area contributed by atoms with E-state index in [0.717, 1.165) is 18.5 Å². The summed E-state index contributed by atoms with van der Waals surface area (Å²) in [6, 6.07) is 7.42. The zero-order chi connectivity index (χ0) is 12.8. The third kappa shape index (κ3) is 3.89. The molecule has 0 N–H and O–H groups in total. The fourth-order valence-corrected chi connectivity index (χ4v) is 1.50. The van der Waals surface area contributed by atoms with Crippen molar-refractivity contribution in [2.75, 3.05) is 20.6 Å². The predicted molar refractivity (Wildman–Crippen MR) is 64.7 cm³/mol. The van der Waals surface area contributed by atoms with Crippen LogP contribution in [0.25, 0.3) is 0 Å². The molecule has 0 heterocycles. The first-order valence-corrected chi connectivity index (χ1v) is 5.39. The van der Waals surface area contributed by atoms with Gasteiger partial charge in [-0.3, -0.25) is 4.79 Å². The predicted octanol–water partition coefficient (Wildman–Crippen LogP) is 1.59. The normalized spacial score (nSPS) is 10.1. The van der Waals surface area contributed by atoms with Crippen LogP contribution in [0.2, 0.25) is 0 Å². The van der Waals surface area contributed by atoms with E-state index in [-0.39, 0.29) is 0 Å². The van der Waals surface area contributed by atoms with Gasteiger partial charge in [-0.25, -0.2) is 0 Å². The first-order chi connectivity index (χ1) is 8.04. The highest BCUT2D eigenvalue weighted by Crippen LogP contribution is 2.22. The van der Waals surface area contributed by atoms with Crippen LogP contribution in [-0.4, -0.2) is 31.5 Å². The maximum Gasteiger partial charge on any atom is 0.308 e. The molecule has 17 heavy (non-hydrogen) atoms. The Balaban J connectivity index is 2.98. The maximum atomic E-state index is 10.9. The highest BCUT2D eigenvalue weighted by molar-refractivity contribution is 5.70. The van der Waals surface area contributed by atoms with E-state index in [1.807, 2.05) is 25.1 Å². The molecule has 0 bridgehead atoms. The van der Waals surface area contributed by atoms with E-state index in [1.54, 1.807) is 12.1 Å². The van der Waals surface area contributed by atoms with E-state index in [4.69, 9.17) is 10.00 Å². The van der Waals surface area contributed by atoms with Gasteiger partial charge in [-0.15, -0.1) is 0 Å². The van der Waals surface area contributed by atoms with E-state index in [2.05, 4.69) is 6.07 Å². The fourth-order valence-electron chi connectivity index (χ4n) is 1.50. The van der Waals surface area contributed by atoms with Gasteiger partial charge in [0.15, 0.2) is 0 Å². The Bertz CT molecular complexity index is 447. The van der Waals surface area contributed by atoms with Gasteiger partial charge in [-0.1, -0.05) is 12.1 Å². The third-order valence-corrected chi connectivity index (χ3v) is 2.31. The number of esters is 1. The van der Waals surface area contributed by atoms with Crippen molar-refractivity contribution in [3.63, 3.8) is 0 Å². The standard InChI is InChI=1S/C13H16N2O2/c1-10(16)17-13-6-4-5-11(12(13)9-14)7-8-15(2)3/h4-6H,7-8H2,1-3H3. The first kappa shape index (κ1) is 13.2. The molecule has 90 valence electrons. The lowest BCUT2D eigenvalue weighted by Gasteiger charge is -2.12. The van der Waals surface area contributed by atoms with Crippen molar-refractivity contribution in [3.8, 4) is 11.8 Å². The minimum Gasteiger partial charge on any atom is -0.425 e. The van der Waals surface area contributed by atoms with Crippen molar-refractivity contribution in [2.24, 2.45) is 0 Å². The minimum absolute atomic E-state index is 0.344. The monoisotopic (exact) mass is 232 g/mol. The Kier molecular flexibility index (Phi) is 4.68. The summed E-state index contributed by atoms with van der Waals surface area (Å²) in [7, 11) is 3.95. The van der Waals surface area contributed by atoms with E-state index in [0.29, 0.717) is 11.3 Å². The number of nitrogens with zero attached hydrogens (tertiary/aromatic N) is 2. The molecule has 0 aliphatic heterocycles. The fraction of sp³-hybridized carbons (Fsp3) is 0.385. The molecule has 0 unspecified atom stereocenters. The second kappa shape index (κ2) is 6.02. The maximum absolute atomic E-state index is 10.9. The summed E-state index contributed by atoms with van der Waals surface area (Å²) in [6.45, 7) is 2.17. The zero-order valence-electron chi connectivity index (χ0n) is 10.4. The molecule has 0 fully saturated rings. The Morgan fingerprint density at radius 2 is 2.18 bits per heavy atom. The molecule has 0 spiro atoms. The molecule has 0 aliphatic rings. The molecule has 0 radical (unpaired) electrons. The van der Waals surface area contributed by atoms with Crippen LogP contribution >= 0.6 is 0 Å². The average molecular weight is 232 g/mol. The molecular formula is C13H16N2O2. The van der Waals surface area contributed by atoms with Crippen LogP contribution in [0.5, 0.6) is 5.75 Å². The smallest absolute Gasteiger partial charge is 0.308 e. The second-order valence-corrected chi connectivity index (χ2v) is 4.05. The average Bonchev–Trinajstić information content (AvgIpc) is 2.25. The number of carbonyl (C=O) groups excluding carboxylic acids is 1. The van der Waals surface area contributed by atoms with Gasteiger partial charge in [0.05, 0.1) is 5.56 Å². The summed E-state index contributed by atoms with van der Waals surface area (Å²) in [5, 5.41) is 9.12. The van der Waals surface area contributed by atoms with Crippen molar-refractivity contribution in [3.05, 3.63) is 29.3 Å². The summed E-state index contributed by atoms with van der Waals surface area (Å²) < 4.78 is 5.01. The Hall–Kier alpha value is -1.86. The van der Waals surface area contributed by atoms with Gasteiger partial charge in [-0.05, 0) is 32.1 Å². The van der Waals surface area contributed by atoms with E-state index in [1.165, 1.54) is 6.92 Å². The number of benzene rings is 1. The number of ether oxygens (including phenoxy) is 1. The van der Waals surface area contributed by atoms with Gasteiger partial charge in [-0.2, -0.15) is 5.26 Å². The molecule has 4 nitrogen and oxygen atoms in total. The molecule has 1 aromatic rings. The van der Waals surface area contributed by atoms with Gasteiger partial charge in [0.1, 0.15) is 11.8 Å². The molecular weight excluding hydrogens is 216 g/mol. The SMILES string of the molecule is CC(=O)Oc1cccc(CCN(C)C)c1C#N. The second-order valence-electron chi connectivity index (χ2n) is 4.05. The lowest BCUT2D eigenvalue weighted by atomic mass is 10.0. The highest BCUT2D eigenvalue weighted by Gasteiger charge is 2.10. The van der Waals surface area contributed by atoms with Gasteiger partial charge < -0.3 is 9.64 Å². The van der Waals surface area contributed by atoms with E-state index < -0.39 is 5.97 Å². The lowest BCUT2D eigenvalue weighted by Crippen LogP contribution is -2.16. The number of nitriles is 1. The first-order valence-electron chi connectivity index (χ1n) is 5.39. The largest absolute Gasteiger partial charge is 0.425 e. The summed E-state index contributed by atoms with van der Waals surface area (Å²) in [6.07, 6.45) is 0.755. The minimum atomic E-state index is -0.411. The number of carbonyl (C=O) groups is 1. The molecule has 0 saturated carbocycles. The molecule has 0 aliphatic carbocycles. The Morgan fingerprint density at radius 1 is 1.47 bits per heavy atom. The zero-order valence-corrected chi connectivity index (χ0v) is 10.4. The van der Waals surface area contributed by atoms with Crippen LogP contribution < -0.4 is 4.74 Å². The van der Waals surface area contributed by atoms with Gasteiger partial charge in [0.25, 0.3) is 0 Å². The third-order valence-electron chi connectivity index (χ3n) is 2.31. The lowest BCUT2D eigenvalue weighted by molar-refractivity contribution is -0.131. The van der Waals surface area contributed by atoms with Crippen LogP contribution in [0.4, 0.5) is 0 Å². The number of rotatable bonds is 4. The van der Waals surface area contributed by atoms with Gasteiger partial charge in [0, 0.05) is 13.5 Å². The quantitative estimate of drug-likeness (QED) is 0.584. The van der Waals surface area contributed by atoms with Crippen molar-refractivity contribution in [1.82, 2.24) is 4.90 Å². The van der Waals surface area contributed by atoms with Crippen LogP contribution in [0.1, 0.15) is 18.1 Å². The van der Waals surface area contributed by atoms with Crippen molar-refractivity contribution in [1.29, 1.82) is 5.26 Å². The topological polar surface area (TPSA) is 53.3 Å². The van der Waals surface area contributed by atoms with E-state index in [9.17, 15) is 4.79 Å². The number of hydrogen-bond donors (Lipinski definition) is 0. The summed E-state index contributed by atoms with van der Waals surface area (Å²) in [5.74, 6) is -0.0671. The summed E-state index contributed by atoms with van der Waals surface area (Å²) in [4.78, 5) is 13.0. The van der Waals surface area contributed by atoms with Crippen molar-refractivity contribution < 1.29 is 9.53 Å². The van der Waals surface area contributed by atoms with Crippen molar-refractivity contribution >= 4 is 5.97 Å². The molecule has 0 atom stereocenters. The van der Waals surface area contributed by atoms with Gasteiger partial charge in [0.2, 0.25) is 0 Å². The van der Waals surface area contributed by atoms with Crippen LogP contribution in [0, 0.1) is 11.3 Å².